The Morgan fingerprint density at radius 3 is 2.67 bits per heavy atom. The van der Waals surface area contributed by atoms with E-state index < -0.39 is 5.50 Å². The third kappa shape index (κ3) is 1.60. The van der Waals surface area contributed by atoms with Crippen molar-refractivity contribution in [3.63, 3.8) is 0 Å². The largest absolute Gasteiger partial charge is 0.302 e. The molecule has 0 aromatic heterocycles. The molecule has 0 radical (unpaired) electrons. The van der Waals surface area contributed by atoms with Crippen molar-refractivity contribution in [2.24, 2.45) is 4.99 Å². The van der Waals surface area contributed by atoms with E-state index >= 15 is 0 Å². The van der Waals surface area contributed by atoms with E-state index in [0.717, 1.165) is 6.29 Å². The van der Waals surface area contributed by atoms with Crippen LogP contribution in [0.2, 0.25) is 0 Å². The SMILES string of the molecule is O=CC1SC(Cl)=NC1Cl. The van der Waals surface area contributed by atoms with Crippen molar-refractivity contribution in [2.75, 3.05) is 0 Å². The number of halogens is 2. The van der Waals surface area contributed by atoms with Gasteiger partial charge in [-0.25, -0.2) is 4.99 Å². The highest BCUT2D eigenvalue weighted by Crippen LogP contribution is 2.29. The van der Waals surface area contributed by atoms with E-state index in [-0.39, 0.29) is 5.25 Å². The van der Waals surface area contributed by atoms with Crippen LogP contribution in [-0.2, 0) is 4.79 Å². The van der Waals surface area contributed by atoms with Crippen LogP contribution in [0, 0.1) is 0 Å². The molecule has 2 atom stereocenters. The minimum atomic E-state index is -0.472. The molecule has 1 aliphatic heterocycles. The molecule has 2 unspecified atom stereocenters. The molecule has 0 fully saturated rings. The van der Waals surface area contributed by atoms with E-state index in [1.54, 1.807) is 0 Å². The van der Waals surface area contributed by atoms with Gasteiger partial charge in [0.2, 0.25) is 0 Å². The molecule has 0 aromatic carbocycles. The molecule has 50 valence electrons. The molecular formula is C4H3Cl2NOS. The lowest BCUT2D eigenvalue weighted by Crippen LogP contribution is -2.11. The summed E-state index contributed by atoms with van der Waals surface area (Å²) in [5.41, 5.74) is -0.472. The quantitative estimate of drug-likeness (QED) is 0.350. The predicted octanol–water partition coefficient (Wildman–Crippen LogP) is 1.46. The van der Waals surface area contributed by atoms with Gasteiger partial charge in [0.05, 0.1) is 0 Å². The topological polar surface area (TPSA) is 29.4 Å². The first-order valence-corrected chi connectivity index (χ1v) is 3.93. The van der Waals surface area contributed by atoms with Crippen molar-refractivity contribution < 1.29 is 4.79 Å². The van der Waals surface area contributed by atoms with E-state index in [1.165, 1.54) is 11.8 Å². The van der Waals surface area contributed by atoms with Crippen LogP contribution in [0.4, 0.5) is 0 Å². The number of hydrogen-bond acceptors (Lipinski definition) is 3. The van der Waals surface area contributed by atoms with E-state index in [2.05, 4.69) is 4.99 Å². The molecule has 0 saturated heterocycles. The summed E-state index contributed by atoms with van der Waals surface area (Å²) < 4.78 is 0.368. The second-order valence-corrected chi connectivity index (χ2v) is 3.67. The van der Waals surface area contributed by atoms with Gasteiger partial charge in [0.1, 0.15) is 17.0 Å². The van der Waals surface area contributed by atoms with Crippen LogP contribution in [0.15, 0.2) is 4.99 Å². The van der Waals surface area contributed by atoms with Gasteiger partial charge in [-0.05, 0) is 0 Å². The predicted molar refractivity (Wildman–Crippen MR) is 40.4 cm³/mol. The molecule has 0 saturated carbocycles. The number of nitrogens with zero attached hydrogens (tertiary/aromatic N) is 1. The van der Waals surface area contributed by atoms with E-state index in [1.807, 2.05) is 0 Å². The molecule has 1 rings (SSSR count). The summed E-state index contributed by atoms with van der Waals surface area (Å²) in [7, 11) is 0. The van der Waals surface area contributed by atoms with Gasteiger partial charge in [0.15, 0.2) is 4.50 Å². The normalized spacial score (nSPS) is 34.2. The average molecular weight is 184 g/mol. The number of carbonyl (C=O) groups is 1. The molecule has 1 heterocycles. The smallest absolute Gasteiger partial charge is 0.160 e. The highest BCUT2D eigenvalue weighted by Gasteiger charge is 2.26. The fraction of sp³-hybridized carbons (Fsp3) is 0.500. The molecule has 0 aromatic rings. The molecular weight excluding hydrogens is 181 g/mol. The fourth-order valence-corrected chi connectivity index (χ4v) is 1.92. The zero-order valence-electron chi connectivity index (χ0n) is 4.25. The molecule has 5 heteroatoms. The summed E-state index contributed by atoms with van der Waals surface area (Å²) in [5, 5.41) is -0.292. The van der Waals surface area contributed by atoms with Crippen LogP contribution in [0.3, 0.4) is 0 Å². The molecule has 0 amide bonds. The van der Waals surface area contributed by atoms with Crippen LogP contribution in [0.5, 0.6) is 0 Å². The number of thioether (sulfide) groups is 1. The van der Waals surface area contributed by atoms with Crippen molar-refractivity contribution in [3.8, 4) is 0 Å². The second-order valence-electron chi connectivity index (χ2n) is 1.47. The van der Waals surface area contributed by atoms with Crippen molar-refractivity contribution in [3.05, 3.63) is 0 Å². The van der Waals surface area contributed by atoms with Gasteiger partial charge in [-0.3, -0.25) is 0 Å². The Hall–Kier alpha value is 0.270. The van der Waals surface area contributed by atoms with Crippen LogP contribution >= 0.6 is 35.0 Å². The van der Waals surface area contributed by atoms with Crippen LogP contribution in [0.1, 0.15) is 0 Å². The number of aldehydes is 1. The fourth-order valence-electron chi connectivity index (χ4n) is 0.462. The van der Waals surface area contributed by atoms with E-state index in [9.17, 15) is 4.79 Å². The number of carbonyl (C=O) groups excluding carboxylic acids is 1. The maximum Gasteiger partial charge on any atom is 0.160 e. The third-order valence-corrected chi connectivity index (χ3v) is 2.69. The van der Waals surface area contributed by atoms with Crippen LogP contribution in [-0.4, -0.2) is 21.5 Å². The number of rotatable bonds is 1. The van der Waals surface area contributed by atoms with Gasteiger partial charge in [0, 0.05) is 0 Å². The van der Waals surface area contributed by atoms with Crippen LogP contribution in [0.25, 0.3) is 0 Å². The first-order chi connectivity index (χ1) is 4.24. The van der Waals surface area contributed by atoms with Gasteiger partial charge < -0.3 is 4.79 Å². The summed E-state index contributed by atoms with van der Waals surface area (Å²) in [4.78, 5) is 13.8. The molecule has 9 heavy (non-hydrogen) atoms. The Morgan fingerprint density at radius 1 is 1.78 bits per heavy atom. The minimum absolute atomic E-state index is 0.292. The summed E-state index contributed by atoms with van der Waals surface area (Å²) >= 11 is 12.2. The van der Waals surface area contributed by atoms with Crippen LogP contribution < -0.4 is 0 Å². The van der Waals surface area contributed by atoms with Gasteiger partial charge in [-0.15, -0.1) is 0 Å². The Labute approximate surface area is 66.6 Å². The molecule has 0 N–H and O–H groups in total. The lowest BCUT2D eigenvalue weighted by atomic mass is 10.5. The monoisotopic (exact) mass is 183 g/mol. The zero-order valence-corrected chi connectivity index (χ0v) is 6.58. The highest BCUT2D eigenvalue weighted by atomic mass is 35.5. The molecule has 0 bridgehead atoms. The Balaban J connectivity index is 2.59. The summed E-state index contributed by atoms with van der Waals surface area (Å²) in [6.45, 7) is 0. The van der Waals surface area contributed by atoms with Gasteiger partial charge in [-0.1, -0.05) is 35.0 Å². The lowest BCUT2D eigenvalue weighted by molar-refractivity contribution is -0.107. The van der Waals surface area contributed by atoms with Gasteiger partial charge in [-0.2, -0.15) is 0 Å². The minimum Gasteiger partial charge on any atom is -0.302 e. The maximum atomic E-state index is 10.1. The lowest BCUT2D eigenvalue weighted by Gasteiger charge is -1.98. The van der Waals surface area contributed by atoms with Crippen molar-refractivity contribution >= 4 is 45.8 Å². The zero-order chi connectivity index (χ0) is 6.85. The first-order valence-electron chi connectivity index (χ1n) is 2.23. The third-order valence-electron chi connectivity index (χ3n) is 0.863. The molecule has 2 nitrogen and oxygen atoms in total. The van der Waals surface area contributed by atoms with Gasteiger partial charge in [0.25, 0.3) is 0 Å². The number of hydrogen-bond donors (Lipinski definition) is 0. The average Bonchev–Trinajstić information content (AvgIpc) is 2.10. The molecule has 0 spiro atoms. The van der Waals surface area contributed by atoms with E-state index in [4.69, 9.17) is 23.2 Å². The van der Waals surface area contributed by atoms with Crippen molar-refractivity contribution in [2.45, 2.75) is 10.8 Å². The Morgan fingerprint density at radius 2 is 2.44 bits per heavy atom. The summed E-state index contributed by atoms with van der Waals surface area (Å²) in [6, 6.07) is 0. The summed E-state index contributed by atoms with van der Waals surface area (Å²) in [6.07, 6.45) is 0.751. The highest BCUT2D eigenvalue weighted by molar-refractivity contribution is 8.18. The Kier molecular flexibility index (Phi) is 2.38. The molecule has 0 aliphatic carbocycles. The second kappa shape index (κ2) is 2.90. The van der Waals surface area contributed by atoms with Crippen molar-refractivity contribution in [1.82, 2.24) is 0 Å². The number of aliphatic imine (C=N–C) groups is 1. The number of alkyl halides is 1. The van der Waals surface area contributed by atoms with E-state index in [0.29, 0.717) is 4.50 Å². The standard InChI is InChI=1S/C4H3Cl2NOS/c5-3-2(1-8)9-4(6)7-3/h1-3H. The van der Waals surface area contributed by atoms with Crippen molar-refractivity contribution in [1.29, 1.82) is 0 Å². The molecule has 1 aliphatic rings. The Bertz CT molecular complexity index is 161. The first kappa shape index (κ1) is 7.38. The summed E-state index contributed by atoms with van der Waals surface area (Å²) in [5.74, 6) is 0. The van der Waals surface area contributed by atoms with Gasteiger partial charge >= 0.3 is 0 Å². The maximum absolute atomic E-state index is 10.1.